The SMILES string of the molecule is CCCCCCCCCCCC(=O)OCC1COCC(CO)O1. The molecule has 0 spiro atoms. The van der Waals surface area contributed by atoms with Gasteiger partial charge < -0.3 is 19.3 Å². The van der Waals surface area contributed by atoms with Crippen molar-refractivity contribution in [2.75, 3.05) is 26.4 Å². The minimum Gasteiger partial charge on any atom is -0.463 e. The maximum atomic E-state index is 11.7. The number of hydrogen-bond acceptors (Lipinski definition) is 5. The van der Waals surface area contributed by atoms with Gasteiger partial charge >= 0.3 is 5.97 Å². The second kappa shape index (κ2) is 13.8. The first kappa shape index (κ1) is 20.4. The molecule has 0 bridgehead atoms. The third kappa shape index (κ3) is 10.7. The van der Waals surface area contributed by atoms with Crippen molar-refractivity contribution in [3.8, 4) is 0 Å². The lowest BCUT2D eigenvalue weighted by Crippen LogP contribution is -2.41. The van der Waals surface area contributed by atoms with Gasteiger partial charge in [0.2, 0.25) is 0 Å². The predicted molar refractivity (Wildman–Crippen MR) is 89.4 cm³/mol. The molecule has 1 fully saturated rings. The molecule has 0 amide bonds. The Morgan fingerprint density at radius 1 is 1.00 bits per heavy atom. The minimum absolute atomic E-state index is 0.0666. The third-order valence-corrected chi connectivity index (χ3v) is 4.11. The molecule has 5 heteroatoms. The fourth-order valence-corrected chi connectivity index (χ4v) is 2.70. The number of aliphatic hydroxyl groups excluding tert-OH is 1. The van der Waals surface area contributed by atoms with Crippen molar-refractivity contribution in [2.24, 2.45) is 0 Å². The van der Waals surface area contributed by atoms with Gasteiger partial charge in [-0.15, -0.1) is 0 Å². The number of carbonyl (C=O) groups is 1. The lowest BCUT2D eigenvalue weighted by Gasteiger charge is -2.28. The molecule has 5 nitrogen and oxygen atoms in total. The van der Waals surface area contributed by atoms with Crippen LogP contribution in [0, 0.1) is 0 Å². The number of hydrogen-bond donors (Lipinski definition) is 1. The van der Waals surface area contributed by atoms with Crippen LogP contribution in [0.3, 0.4) is 0 Å². The molecule has 1 saturated heterocycles. The molecule has 1 aliphatic rings. The standard InChI is InChI=1S/C18H34O5/c1-2-3-4-5-6-7-8-9-10-11-18(20)22-15-17-14-21-13-16(12-19)23-17/h16-17,19H,2-15H2,1H3. The van der Waals surface area contributed by atoms with Crippen molar-refractivity contribution < 1.29 is 24.1 Å². The zero-order valence-electron chi connectivity index (χ0n) is 14.6. The van der Waals surface area contributed by atoms with E-state index in [0.717, 1.165) is 12.8 Å². The van der Waals surface area contributed by atoms with E-state index in [1.807, 2.05) is 0 Å². The number of unbranched alkanes of at least 4 members (excludes halogenated alkanes) is 8. The maximum absolute atomic E-state index is 11.7. The van der Waals surface area contributed by atoms with Crippen molar-refractivity contribution >= 4 is 5.97 Å². The largest absolute Gasteiger partial charge is 0.463 e. The molecule has 1 N–H and O–H groups in total. The van der Waals surface area contributed by atoms with Crippen LogP contribution < -0.4 is 0 Å². The second-order valence-electron chi connectivity index (χ2n) is 6.36. The van der Waals surface area contributed by atoms with E-state index in [9.17, 15) is 4.79 Å². The summed E-state index contributed by atoms with van der Waals surface area (Å²) in [4.78, 5) is 11.7. The van der Waals surface area contributed by atoms with E-state index in [2.05, 4.69) is 6.92 Å². The molecule has 0 radical (unpaired) electrons. The average Bonchev–Trinajstić information content (AvgIpc) is 2.58. The Labute approximate surface area is 140 Å². The van der Waals surface area contributed by atoms with Crippen molar-refractivity contribution in [1.82, 2.24) is 0 Å². The van der Waals surface area contributed by atoms with Crippen LogP contribution in [0.15, 0.2) is 0 Å². The summed E-state index contributed by atoms with van der Waals surface area (Å²) in [5.74, 6) is -0.164. The van der Waals surface area contributed by atoms with Crippen molar-refractivity contribution in [1.29, 1.82) is 0 Å². The summed E-state index contributed by atoms with van der Waals surface area (Å²) in [5, 5.41) is 9.02. The van der Waals surface area contributed by atoms with E-state index in [1.54, 1.807) is 0 Å². The number of ether oxygens (including phenoxy) is 3. The molecule has 0 saturated carbocycles. The van der Waals surface area contributed by atoms with Crippen molar-refractivity contribution in [3.05, 3.63) is 0 Å². The number of rotatable bonds is 13. The van der Waals surface area contributed by atoms with E-state index in [-0.39, 0.29) is 31.4 Å². The summed E-state index contributed by atoms with van der Waals surface area (Å²) < 4.78 is 16.1. The van der Waals surface area contributed by atoms with Crippen LogP contribution in [0.5, 0.6) is 0 Å². The molecular formula is C18H34O5. The number of esters is 1. The summed E-state index contributed by atoms with van der Waals surface area (Å²) in [6.07, 6.45) is 11.0. The Morgan fingerprint density at radius 2 is 1.61 bits per heavy atom. The molecule has 136 valence electrons. The second-order valence-corrected chi connectivity index (χ2v) is 6.36. The Hall–Kier alpha value is -0.650. The summed E-state index contributed by atoms with van der Waals surface area (Å²) in [7, 11) is 0. The monoisotopic (exact) mass is 330 g/mol. The Kier molecular flexibility index (Phi) is 12.2. The van der Waals surface area contributed by atoms with Crippen LogP contribution >= 0.6 is 0 Å². The zero-order valence-corrected chi connectivity index (χ0v) is 14.6. The van der Waals surface area contributed by atoms with Gasteiger partial charge in [0, 0.05) is 6.42 Å². The van der Waals surface area contributed by atoms with Crippen molar-refractivity contribution in [3.63, 3.8) is 0 Å². The highest BCUT2D eigenvalue weighted by Crippen LogP contribution is 2.12. The van der Waals surface area contributed by atoms with Gasteiger partial charge in [-0.2, -0.15) is 0 Å². The van der Waals surface area contributed by atoms with E-state index in [0.29, 0.717) is 19.6 Å². The summed E-state index contributed by atoms with van der Waals surface area (Å²) in [6.45, 7) is 3.20. The van der Waals surface area contributed by atoms with E-state index in [4.69, 9.17) is 19.3 Å². The van der Waals surface area contributed by atoms with Crippen LogP contribution in [0.25, 0.3) is 0 Å². The molecule has 0 aromatic heterocycles. The number of aliphatic hydroxyl groups is 1. The molecule has 0 aromatic carbocycles. The van der Waals surface area contributed by atoms with Crippen LogP contribution in [0.2, 0.25) is 0 Å². The molecule has 0 aromatic rings. The topological polar surface area (TPSA) is 65.0 Å². The third-order valence-electron chi connectivity index (χ3n) is 4.11. The molecule has 1 heterocycles. The van der Waals surface area contributed by atoms with E-state index >= 15 is 0 Å². The Balaban J connectivity index is 1.90. The smallest absolute Gasteiger partial charge is 0.305 e. The molecule has 1 aliphatic heterocycles. The van der Waals surface area contributed by atoms with Gasteiger partial charge in [-0.05, 0) is 6.42 Å². The molecular weight excluding hydrogens is 296 g/mol. The first-order chi connectivity index (χ1) is 11.3. The maximum Gasteiger partial charge on any atom is 0.305 e. The highest BCUT2D eigenvalue weighted by atomic mass is 16.6. The molecule has 1 rings (SSSR count). The molecule has 0 aliphatic carbocycles. The van der Waals surface area contributed by atoms with Gasteiger partial charge in [-0.25, -0.2) is 0 Å². The van der Waals surface area contributed by atoms with Gasteiger partial charge in [0.05, 0.1) is 19.8 Å². The average molecular weight is 330 g/mol. The first-order valence-electron chi connectivity index (χ1n) is 9.26. The molecule has 2 unspecified atom stereocenters. The van der Waals surface area contributed by atoms with Gasteiger partial charge in [-0.1, -0.05) is 58.3 Å². The lowest BCUT2D eigenvalue weighted by atomic mass is 10.1. The molecule has 23 heavy (non-hydrogen) atoms. The van der Waals surface area contributed by atoms with Crippen LogP contribution in [-0.4, -0.2) is 49.7 Å². The van der Waals surface area contributed by atoms with Gasteiger partial charge in [-0.3, -0.25) is 4.79 Å². The Bertz CT molecular complexity index is 295. The normalized spacial score (nSPS) is 21.3. The van der Waals surface area contributed by atoms with Crippen molar-refractivity contribution in [2.45, 2.75) is 83.3 Å². The van der Waals surface area contributed by atoms with Crippen LogP contribution in [0.1, 0.15) is 71.1 Å². The van der Waals surface area contributed by atoms with Gasteiger partial charge in [0.15, 0.2) is 0 Å². The van der Waals surface area contributed by atoms with E-state index < -0.39 is 0 Å². The van der Waals surface area contributed by atoms with Gasteiger partial charge in [0.25, 0.3) is 0 Å². The van der Waals surface area contributed by atoms with Gasteiger partial charge in [0.1, 0.15) is 18.8 Å². The van der Waals surface area contributed by atoms with Crippen LogP contribution in [0.4, 0.5) is 0 Å². The Morgan fingerprint density at radius 3 is 2.26 bits per heavy atom. The first-order valence-corrected chi connectivity index (χ1v) is 9.26. The highest BCUT2D eigenvalue weighted by Gasteiger charge is 2.23. The summed E-state index contributed by atoms with van der Waals surface area (Å²) in [6, 6.07) is 0. The highest BCUT2D eigenvalue weighted by molar-refractivity contribution is 5.69. The molecule has 2 atom stereocenters. The van der Waals surface area contributed by atoms with Crippen LogP contribution in [-0.2, 0) is 19.0 Å². The predicted octanol–water partition coefficient (Wildman–Crippen LogP) is 3.23. The number of carbonyl (C=O) groups excluding carboxylic acids is 1. The summed E-state index contributed by atoms with van der Waals surface area (Å²) >= 11 is 0. The summed E-state index contributed by atoms with van der Waals surface area (Å²) in [5.41, 5.74) is 0. The fourth-order valence-electron chi connectivity index (χ4n) is 2.70. The minimum atomic E-state index is -0.301. The van der Waals surface area contributed by atoms with E-state index in [1.165, 1.54) is 44.9 Å². The lowest BCUT2D eigenvalue weighted by molar-refractivity contribution is -0.176. The zero-order chi connectivity index (χ0) is 16.8. The quantitative estimate of drug-likeness (QED) is 0.415. The fraction of sp³-hybridized carbons (Fsp3) is 0.944.